The molecule has 0 saturated heterocycles. The zero-order valence-electron chi connectivity index (χ0n) is 10.5. The molecule has 1 aromatic carbocycles. The molecule has 1 aliphatic carbocycles. The fourth-order valence-electron chi connectivity index (χ4n) is 2.30. The fourth-order valence-corrected chi connectivity index (χ4v) is 2.30. The molecule has 3 nitrogen and oxygen atoms in total. The number of rotatable bonds is 3. The minimum atomic E-state index is -0.275. The summed E-state index contributed by atoms with van der Waals surface area (Å²) >= 11 is 0. The lowest BCUT2D eigenvalue weighted by Gasteiger charge is -2.13. The summed E-state index contributed by atoms with van der Waals surface area (Å²) in [7, 11) is 0. The molecule has 1 heterocycles. The number of hydrogen-bond donors (Lipinski definition) is 1. The van der Waals surface area contributed by atoms with Gasteiger partial charge in [0.05, 0.1) is 5.69 Å². The quantitative estimate of drug-likeness (QED) is 0.919. The molecule has 19 heavy (non-hydrogen) atoms. The summed E-state index contributed by atoms with van der Waals surface area (Å²) < 4.78 is 14.8. The zero-order valence-corrected chi connectivity index (χ0v) is 10.5. The van der Waals surface area contributed by atoms with E-state index in [2.05, 4.69) is 0 Å². The van der Waals surface area contributed by atoms with Crippen molar-refractivity contribution in [2.45, 2.75) is 25.4 Å². The Morgan fingerprint density at radius 1 is 1.16 bits per heavy atom. The number of nitrogens with zero attached hydrogens (tertiary/aromatic N) is 1. The average Bonchev–Trinajstić information content (AvgIpc) is 3.23. The van der Waals surface area contributed by atoms with Crippen molar-refractivity contribution in [2.75, 3.05) is 0 Å². The van der Waals surface area contributed by atoms with Gasteiger partial charge in [-0.3, -0.25) is 4.79 Å². The maximum absolute atomic E-state index is 13.0. The Kier molecular flexibility index (Phi) is 2.95. The molecule has 2 aromatic rings. The van der Waals surface area contributed by atoms with Crippen molar-refractivity contribution in [3.63, 3.8) is 0 Å². The Morgan fingerprint density at radius 3 is 2.42 bits per heavy atom. The molecular formula is C15H15FN2O. The van der Waals surface area contributed by atoms with Crippen LogP contribution in [0.15, 0.2) is 41.2 Å². The summed E-state index contributed by atoms with van der Waals surface area (Å²) in [6, 6.07) is 10.1. The summed E-state index contributed by atoms with van der Waals surface area (Å²) in [5.41, 5.74) is 7.88. The van der Waals surface area contributed by atoms with Crippen molar-refractivity contribution in [1.29, 1.82) is 0 Å². The predicted molar refractivity (Wildman–Crippen MR) is 72.3 cm³/mol. The number of benzene rings is 1. The van der Waals surface area contributed by atoms with E-state index in [-0.39, 0.29) is 24.0 Å². The zero-order chi connectivity index (χ0) is 13.4. The topological polar surface area (TPSA) is 48.0 Å². The van der Waals surface area contributed by atoms with Gasteiger partial charge in [0.2, 0.25) is 0 Å². The van der Waals surface area contributed by atoms with E-state index >= 15 is 0 Å². The molecule has 1 saturated carbocycles. The molecular weight excluding hydrogens is 243 g/mol. The van der Waals surface area contributed by atoms with Crippen LogP contribution in [0.1, 0.15) is 24.4 Å². The van der Waals surface area contributed by atoms with E-state index in [1.165, 1.54) is 12.1 Å². The van der Waals surface area contributed by atoms with Gasteiger partial charge in [-0.15, -0.1) is 0 Å². The minimum Gasteiger partial charge on any atom is -0.326 e. The number of nitrogens with two attached hydrogens (primary N) is 1. The van der Waals surface area contributed by atoms with Gasteiger partial charge in [0.25, 0.3) is 5.56 Å². The van der Waals surface area contributed by atoms with E-state index < -0.39 is 0 Å². The summed E-state index contributed by atoms with van der Waals surface area (Å²) in [6.07, 6.45) is 2.03. The monoisotopic (exact) mass is 258 g/mol. The minimum absolute atomic E-state index is 0.0215. The molecule has 0 atom stereocenters. The molecule has 0 unspecified atom stereocenters. The fraction of sp³-hybridized carbons (Fsp3) is 0.267. The van der Waals surface area contributed by atoms with Crippen LogP contribution in [0.2, 0.25) is 0 Å². The Labute approximate surface area is 110 Å². The molecule has 3 rings (SSSR count). The van der Waals surface area contributed by atoms with Crippen molar-refractivity contribution >= 4 is 0 Å². The van der Waals surface area contributed by atoms with Crippen molar-refractivity contribution in [3.8, 4) is 11.3 Å². The second-order valence-electron chi connectivity index (χ2n) is 4.86. The lowest BCUT2D eigenvalue weighted by molar-refractivity contribution is 0.628. The van der Waals surface area contributed by atoms with Gasteiger partial charge < -0.3 is 10.3 Å². The third kappa shape index (κ3) is 2.19. The van der Waals surface area contributed by atoms with Gasteiger partial charge in [0.15, 0.2) is 0 Å². The van der Waals surface area contributed by atoms with Crippen LogP contribution in [0, 0.1) is 5.82 Å². The summed E-state index contributed by atoms with van der Waals surface area (Å²) in [5, 5.41) is 0. The van der Waals surface area contributed by atoms with E-state index in [1.54, 1.807) is 22.8 Å². The first kappa shape index (κ1) is 12.1. The van der Waals surface area contributed by atoms with E-state index in [0.29, 0.717) is 5.56 Å². The second-order valence-corrected chi connectivity index (χ2v) is 4.86. The second kappa shape index (κ2) is 4.63. The molecule has 4 heteroatoms. The lowest BCUT2D eigenvalue weighted by atomic mass is 10.1. The van der Waals surface area contributed by atoms with Gasteiger partial charge in [-0.05, 0) is 48.7 Å². The molecule has 0 radical (unpaired) electrons. The van der Waals surface area contributed by atoms with Gasteiger partial charge >= 0.3 is 0 Å². The molecule has 0 spiro atoms. The van der Waals surface area contributed by atoms with E-state index in [0.717, 1.165) is 24.1 Å². The van der Waals surface area contributed by atoms with Crippen LogP contribution in [0.25, 0.3) is 11.3 Å². The Balaban J connectivity index is 2.18. The maximum atomic E-state index is 13.0. The highest BCUT2D eigenvalue weighted by Crippen LogP contribution is 2.37. The summed E-state index contributed by atoms with van der Waals surface area (Å²) in [4.78, 5) is 12.4. The Morgan fingerprint density at radius 2 is 1.84 bits per heavy atom. The van der Waals surface area contributed by atoms with Crippen LogP contribution in [0.4, 0.5) is 4.39 Å². The molecule has 2 N–H and O–H groups in total. The number of halogens is 1. The standard InChI is InChI=1S/C15H15FN2O/c16-12-4-1-10(2-5-12)14-8-3-11(9-17)15(19)18(14)13-6-7-13/h1-5,8,13H,6-7,9,17H2. The van der Waals surface area contributed by atoms with Crippen LogP contribution in [0.5, 0.6) is 0 Å². The normalized spacial score (nSPS) is 14.6. The first-order valence-corrected chi connectivity index (χ1v) is 6.41. The molecule has 0 aliphatic heterocycles. The van der Waals surface area contributed by atoms with Crippen molar-refractivity contribution < 1.29 is 4.39 Å². The average molecular weight is 258 g/mol. The first-order chi connectivity index (χ1) is 9.20. The third-order valence-electron chi connectivity index (χ3n) is 3.47. The van der Waals surface area contributed by atoms with Gasteiger partial charge in [-0.2, -0.15) is 0 Å². The maximum Gasteiger partial charge on any atom is 0.255 e. The van der Waals surface area contributed by atoms with E-state index in [9.17, 15) is 9.18 Å². The SMILES string of the molecule is NCc1ccc(-c2ccc(F)cc2)n(C2CC2)c1=O. The van der Waals surface area contributed by atoms with Gasteiger partial charge in [0, 0.05) is 18.2 Å². The predicted octanol–water partition coefficient (Wildman–Crippen LogP) is 2.45. The smallest absolute Gasteiger partial charge is 0.255 e. The van der Waals surface area contributed by atoms with Gasteiger partial charge in [0.1, 0.15) is 5.82 Å². The van der Waals surface area contributed by atoms with Crippen LogP contribution >= 0.6 is 0 Å². The Bertz CT molecular complexity index is 657. The summed E-state index contributed by atoms with van der Waals surface area (Å²) in [6.45, 7) is 0.245. The number of hydrogen-bond acceptors (Lipinski definition) is 2. The summed E-state index contributed by atoms with van der Waals surface area (Å²) in [5.74, 6) is -0.275. The van der Waals surface area contributed by atoms with Crippen LogP contribution < -0.4 is 11.3 Å². The van der Waals surface area contributed by atoms with Gasteiger partial charge in [-0.25, -0.2) is 4.39 Å². The van der Waals surface area contributed by atoms with Crippen LogP contribution in [-0.2, 0) is 6.54 Å². The van der Waals surface area contributed by atoms with Gasteiger partial charge in [-0.1, -0.05) is 6.07 Å². The van der Waals surface area contributed by atoms with Crippen LogP contribution in [-0.4, -0.2) is 4.57 Å². The molecule has 98 valence electrons. The highest BCUT2D eigenvalue weighted by Gasteiger charge is 2.27. The van der Waals surface area contributed by atoms with Crippen molar-refractivity contribution in [2.24, 2.45) is 5.73 Å². The Hall–Kier alpha value is -1.94. The molecule has 0 amide bonds. The number of pyridine rings is 1. The third-order valence-corrected chi connectivity index (χ3v) is 3.47. The molecule has 0 bridgehead atoms. The molecule has 1 aromatic heterocycles. The van der Waals surface area contributed by atoms with Crippen molar-refractivity contribution in [3.05, 3.63) is 58.1 Å². The van der Waals surface area contributed by atoms with E-state index in [4.69, 9.17) is 5.73 Å². The number of aromatic nitrogens is 1. The van der Waals surface area contributed by atoms with Crippen LogP contribution in [0.3, 0.4) is 0 Å². The van der Waals surface area contributed by atoms with Crippen molar-refractivity contribution in [1.82, 2.24) is 4.57 Å². The van der Waals surface area contributed by atoms with E-state index in [1.807, 2.05) is 6.07 Å². The first-order valence-electron chi connectivity index (χ1n) is 6.41. The lowest BCUT2D eigenvalue weighted by Crippen LogP contribution is -2.25. The molecule has 1 fully saturated rings. The highest BCUT2D eigenvalue weighted by atomic mass is 19.1. The molecule has 1 aliphatic rings. The largest absolute Gasteiger partial charge is 0.326 e. The highest BCUT2D eigenvalue weighted by molar-refractivity contribution is 5.60.